The SMILES string of the molecule is NC(=O)CCCn1c2ccccc2c2nc3ccccc3nc21. The summed E-state index contributed by atoms with van der Waals surface area (Å²) in [6.45, 7) is 0.694. The first-order valence-corrected chi connectivity index (χ1v) is 7.66. The Balaban J connectivity index is 1.96. The Labute approximate surface area is 132 Å². The molecule has 0 unspecified atom stereocenters. The van der Waals surface area contributed by atoms with E-state index >= 15 is 0 Å². The van der Waals surface area contributed by atoms with Gasteiger partial charge in [0.25, 0.3) is 0 Å². The monoisotopic (exact) mass is 304 g/mol. The summed E-state index contributed by atoms with van der Waals surface area (Å²) in [5, 5.41) is 1.08. The average molecular weight is 304 g/mol. The molecule has 0 fully saturated rings. The first kappa shape index (κ1) is 13.7. The van der Waals surface area contributed by atoms with Crippen molar-refractivity contribution in [2.75, 3.05) is 0 Å². The van der Waals surface area contributed by atoms with Gasteiger partial charge in [0.2, 0.25) is 5.91 Å². The van der Waals surface area contributed by atoms with Crippen molar-refractivity contribution >= 4 is 39.0 Å². The number of aromatic nitrogens is 3. The molecule has 2 N–H and O–H groups in total. The van der Waals surface area contributed by atoms with E-state index in [0.29, 0.717) is 19.4 Å². The van der Waals surface area contributed by atoms with E-state index in [0.717, 1.165) is 33.1 Å². The van der Waals surface area contributed by atoms with Crippen LogP contribution >= 0.6 is 0 Å². The molecule has 5 heteroatoms. The summed E-state index contributed by atoms with van der Waals surface area (Å²) >= 11 is 0. The Morgan fingerprint density at radius 3 is 2.48 bits per heavy atom. The van der Waals surface area contributed by atoms with E-state index in [1.165, 1.54) is 0 Å². The highest BCUT2D eigenvalue weighted by Crippen LogP contribution is 2.28. The van der Waals surface area contributed by atoms with Gasteiger partial charge in [0.15, 0.2) is 5.65 Å². The van der Waals surface area contributed by atoms with E-state index in [4.69, 9.17) is 15.7 Å². The molecule has 2 heterocycles. The van der Waals surface area contributed by atoms with Crippen LogP contribution in [0.2, 0.25) is 0 Å². The van der Waals surface area contributed by atoms with Crippen LogP contribution in [0.25, 0.3) is 33.1 Å². The molecular weight excluding hydrogens is 288 g/mol. The fourth-order valence-electron chi connectivity index (χ4n) is 3.02. The Morgan fingerprint density at radius 1 is 1.00 bits per heavy atom. The molecule has 0 bridgehead atoms. The fraction of sp³-hybridized carbons (Fsp3) is 0.167. The maximum atomic E-state index is 11.0. The number of nitrogens with two attached hydrogens (primary N) is 1. The highest BCUT2D eigenvalue weighted by Gasteiger charge is 2.13. The third-order valence-electron chi connectivity index (χ3n) is 4.06. The third-order valence-corrected chi connectivity index (χ3v) is 4.06. The van der Waals surface area contributed by atoms with E-state index < -0.39 is 0 Å². The van der Waals surface area contributed by atoms with Gasteiger partial charge in [-0.15, -0.1) is 0 Å². The van der Waals surface area contributed by atoms with E-state index in [1.807, 2.05) is 36.4 Å². The second kappa shape index (κ2) is 5.35. The number of aryl methyl sites for hydroxylation is 1. The molecule has 2 aromatic heterocycles. The second-order valence-corrected chi connectivity index (χ2v) is 5.62. The smallest absolute Gasteiger partial charge is 0.217 e. The summed E-state index contributed by atoms with van der Waals surface area (Å²) in [5.41, 5.74) is 9.86. The molecule has 0 aliphatic carbocycles. The zero-order valence-corrected chi connectivity index (χ0v) is 12.6. The molecule has 1 amide bonds. The number of rotatable bonds is 4. The van der Waals surface area contributed by atoms with Crippen molar-refractivity contribution in [3.63, 3.8) is 0 Å². The molecule has 4 aromatic rings. The maximum Gasteiger partial charge on any atom is 0.217 e. The lowest BCUT2D eigenvalue weighted by atomic mass is 10.2. The predicted octanol–water partition coefficient (Wildman–Crippen LogP) is 3.00. The third kappa shape index (κ3) is 2.30. The number of carbonyl (C=O) groups excluding carboxylic acids is 1. The van der Waals surface area contributed by atoms with Gasteiger partial charge in [-0.25, -0.2) is 9.97 Å². The molecule has 0 aliphatic rings. The molecule has 5 nitrogen and oxygen atoms in total. The standard InChI is InChI=1S/C18H16N4O/c19-16(23)10-5-11-22-15-9-4-1-6-12(15)17-18(22)21-14-8-3-2-7-13(14)20-17/h1-4,6-9H,5,10-11H2,(H2,19,23). The molecule has 0 saturated heterocycles. The molecular formula is C18H16N4O. The summed E-state index contributed by atoms with van der Waals surface area (Å²) in [7, 11) is 0. The Morgan fingerprint density at radius 2 is 1.70 bits per heavy atom. The van der Waals surface area contributed by atoms with Crippen LogP contribution in [-0.4, -0.2) is 20.4 Å². The summed E-state index contributed by atoms with van der Waals surface area (Å²) < 4.78 is 2.13. The molecule has 114 valence electrons. The van der Waals surface area contributed by atoms with Crippen molar-refractivity contribution in [2.24, 2.45) is 5.73 Å². The second-order valence-electron chi connectivity index (χ2n) is 5.62. The molecule has 0 aliphatic heterocycles. The highest BCUT2D eigenvalue weighted by atomic mass is 16.1. The topological polar surface area (TPSA) is 73.8 Å². The molecule has 0 saturated carbocycles. The first-order chi connectivity index (χ1) is 11.2. The van der Waals surface area contributed by atoms with E-state index in [9.17, 15) is 4.79 Å². The zero-order valence-electron chi connectivity index (χ0n) is 12.6. The number of hydrogen-bond donors (Lipinski definition) is 1. The van der Waals surface area contributed by atoms with Crippen LogP contribution in [-0.2, 0) is 11.3 Å². The summed E-state index contributed by atoms with van der Waals surface area (Å²) in [6, 6.07) is 16.0. The van der Waals surface area contributed by atoms with E-state index in [-0.39, 0.29) is 5.91 Å². The zero-order chi connectivity index (χ0) is 15.8. The highest BCUT2D eigenvalue weighted by molar-refractivity contribution is 6.06. The van der Waals surface area contributed by atoms with Crippen LogP contribution in [0.15, 0.2) is 48.5 Å². The summed E-state index contributed by atoms with van der Waals surface area (Å²) in [5.74, 6) is -0.276. The predicted molar refractivity (Wildman–Crippen MR) is 91.0 cm³/mol. The number of hydrogen-bond acceptors (Lipinski definition) is 3. The van der Waals surface area contributed by atoms with Crippen LogP contribution in [0.1, 0.15) is 12.8 Å². The van der Waals surface area contributed by atoms with E-state index in [1.54, 1.807) is 0 Å². The van der Waals surface area contributed by atoms with Gasteiger partial charge >= 0.3 is 0 Å². The van der Waals surface area contributed by atoms with Gasteiger partial charge in [-0.1, -0.05) is 30.3 Å². The lowest BCUT2D eigenvalue weighted by Gasteiger charge is -2.06. The number of carbonyl (C=O) groups is 1. The van der Waals surface area contributed by atoms with Crippen molar-refractivity contribution in [2.45, 2.75) is 19.4 Å². The van der Waals surface area contributed by atoms with Gasteiger partial charge in [-0.05, 0) is 24.6 Å². The summed E-state index contributed by atoms with van der Waals surface area (Å²) in [6.07, 6.45) is 1.06. The summed E-state index contributed by atoms with van der Waals surface area (Å²) in [4.78, 5) is 20.6. The van der Waals surface area contributed by atoms with Gasteiger partial charge in [-0.3, -0.25) is 4.79 Å². The van der Waals surface area contributed by atoms with Gasteiger partial charge < -0.3 is 10.3 Å². The quantitative estimate of drug-likeness (QED) is 0.630. The minimum atomic E-state index is -0.276. The Kier molecular flexibility index (Phi) is 3.19. The first-order valence-electron chi connectivity index (χ1n) is 7.66. The van der Waals surface area contributed by atoms with Crippen molar-refractivity contribution in [3.05, 3.63) is 48.5 Å². The van der Waals surface area contributed by atoms with Crippen LogP contribution in [0.4, 0.5) is 0 Å². The van der Waals surface area contributed by atoms with Gasteiger partial charge in [0, 0.05) is 18.4 Å². The molecule has 4 rings (SSSR count). The van der Waals surface area contributed by atoms with Crippen LogP contribution in [0.5, 0.6) is 0 Å². The van der Waals surface area contributed by atoms with Crippen LogP contribution in [0.3, 0.4) is 0 Å². The minimum Gasteiger partial charge on any atom is -0.370 e. The number of benzene rings is 2. The number of para-hydroxylation sites is 3. The Bertz CT molecular complexity index is 1040. The Hall–Kier alpha value is -2.95. The largest absolute Gasteiger partial charge is 0.370 e. The van der Waals surface area contributed by atoms with Crippen molar-refractivity contribution in [1.29, 1.82) is 0 Å². The molecule has 23 heavy (non-hydrogen) atoms. The number of nitrogens with zero attached hydrogens (tertiary/aromatic N) is 3. The lowest BCUT2D eigenvalue weighted by molar-refractivity contribution is -0.118. The van der Waals surface area contributed by atoms with Crippen LogP contribution < -0.4 is 5.73 Å². The lowest BCUT2D eigenvalue weighted by Crippen LogP contribution is -2.11. The van der Waals surface area contributed by atoms with Crippen LogP contribution in [0, 0.1) is 0 Å². The number of amides is 1. The van der Waals surface area contributed by atoms with Gasteiger partial charge in [-0.2, -0.15) is 0 Å². The molecule has 0 atom stereocenters. The normalized spacial score (nSPS) is 11.5. The number of fused-ring (bicyclic) bond motifs is 4. The van der Waals surface area contributed by atoms with E-state index in [2.05, 4.69) is 16.7 Å². The fourth-order valence-corrected chi connectivity index (χ4v) is 3.02. The van der Waals surface area contributed by atoms with Gasteiger partial charge in [0.05, 0.1) is 16.6 Å². The molecule has 0 radical (unpaired) electrons. The van der Waals surface area contributed by atoms with Crippen molar-refractivity contribution in [3.8, 4) is 0 Å². The molecule has 2 aromatic carbocycles. The maximum absolute atomic E-state index is 11.0. The van der Waals surface area contributed by atoms with Gasteiger partial charge in [0.1, 0.15) is 5.52 Å². The molecule has 0 spiro atoms. The van der Waals surface area contributed by atoms with Crippen molar-refractivity contribution in [1.82, 2.24) is 14.5 Å². The minimum absolute atomic E-state index is 0.276. The van der Waals surface area contributed by atoms with Crippen molar-refractivity contribution < 1.29 is 4.79 Å². The average Bonchev–Trinajstić information content (AvgIpc) is 2.86. The number of primary amides is 1.